The molecule has 7 heteroatoms. The highest BCUT2D eigenvalue weighted by molar-refractivity contribution is 5.90. The van der Waals surface area contributed by atoms with Gasteiger partial charge in [0.15, 0.2) is 0 Å². The average Bonchev–Trinajstić information content (AvgIpc) is 2.59. The number of nitrogens with zero attached hydrogens (tertiary/aromatic N) is 1. The predicted octanol–water partition coefficient (Wildman–Crippen LogP) is 1.28. The van der Waals surface area contributed by atoms with Gasteiger partial charge < -0.3 is 20.3 Å². The van der Waals surface area contributed by atoms with E-state index in [1.807, 2.05) is 30.3 Å². The standard InChI is InChI=1S/C17H25N3O4/c1-5-18-15(21)13(3)20(4)16(22)12(2)19-17(23)24-11-14-9-7-6-8-10-14/h6-10,12-13H,5,11H2,1-4H3,(H,18,21)(H,19,23)/t12-,13-/m0/s1. The first-order chi connectivity index (χ1) is 11.4. The van der Waals surface area contributed by atoms with Crippen LogP contribution in [-0.2, 0) is 20.9 Å². The molecule has 0 aliphatic rings. The van der Waals surface area contributed by atoms with Crippen molar-refractivity contribution in [2.75, 3.05) is 13.6 Å². The Bertz CT molecular complexity index is 562. The van der Waals surface area contributed by atoms with Crippen molar-refractivity contribution in [3.05, 3.63) is 35.9 Å². The molecule has 24 heavy (non-hydrogen) atoms. The Morgan fingerprint density at radius 3 is 2.38 bits per heavy atom. The van der Waals surface area contributed by atoms with Crippen LogP contribution in [0.15, 0.2) is 30.3 Å². The summed E-state index contributed by atoms with van der Waals surface area (Å²) in [6.07, 6.45) is -0.682. The molecule has 0 unspecified atom stereocenters. The van der Waals surface area contributed by atoms with Crippen molar-refractivity contribution >= 4 is 17.9 Å². The molecule has 2 N–H and O–H groups in total. The maximum atomic E-state index is 12.3. The molecular weight excluding hydrogens is 310 g/mol. The fraction of sp³-hybridized carbons (Fsp3) is 0.471. The number of nitrogens with one attached hydrogen (secondary N) is 2. The maximum absolute atomic E-state index is 12.3. The summed E-state index contributed by atoms with van der Waals surface area (Å²) in [4.78, 5) is 37.1. The lowest BCUT2D eigenvalue weighted by Crippen LogP contribution is -2.52. The normalized spacial score (nSPS) is 12.7. The molecule has 3 amide bonds. The Kier molecular flexibility index (Phi) is 7.74. The van der Waals surface area contributed by atoms with Crippen molar-refractivity contribution in [1.82, 2.24) is 15.5 Å². The minimum absolute atomic E-state index is 0.124. The number of ether oxygens (including phenoxy) is 1. The molecule has 0 saturated carbocycles. The van der Waals surface area contributed by atoms with Crippen LogP contribution in [0.1, 0.15) is 26.3 Å². The van der Waals surface area contributed by atoms with Crippen LogP contribution in [0.2, 0.25) is 0 Å². The third-order valence-electron chi connectivity index (χ3n) is 3.58. The lowest BCUT2D eigenvalue weighted by molar-refractivity contribution is -0.139. The minimum Gasteiger partial charge on any atom is -0.445 e. The Hall–Kier alpha value is -2.57. The number of hydrogen-bond acceptors (Lipinski definition) is 4. The van der Waals surface area contributed by atoms with Gasteiger partial charge in [-0.2, -0.15) is 0 Å². The fourth-order valence-electron chi connectivity index (χ4n) is 2.00. The van der Waals surface area contributed by atoms with E-state index < -0.39 is 18.2 Å². The first-order valence-corrected chi connectivity index (χ1v) is 7.88. The van der Waals surface area contributed by atoms with Gasteiger partial charge in [0.25, 0.3) is 0 Å². The third kappa shape index (κ3) is 5.91. The summed E-state index contributed by atoms with van der Waals surface area (Å²) in [6.45, 7) is 5.60. The minimum atomic E-state index is -0.796. The van der Waals surface area contributed by atoms with Crippen molar-refractivity contribution in [3.8, 4) is 0 Å². The molecule has 0 fully saturated rings. The van der Waals surface area contributed by atoms with Crippen LogP contribution in [0.3, 0.4) is 0 Å². The van der Waals surface area contributed by atoms with Crippen LogP contribution in [0, 0.1) is 0 Å². The zero-order valence-electron chi connectivity index (χ0n) is 14.5. The number of carbonyl (C=O) groups is 3. The van der Waals surface area contributed by atoms with E-state index in [0.717, 1.165) is 5.56 Å². The van der Waals surface area contributed by atoms with Crippen LogP contribution in [-0.4, -0.2) is 48.5 Å². The summed E-state index contributed by atoms with van der Waals surface area (Å²) in [5, 5.41) is 5.13. The van der Waals surface area contributed by atoms with Crippen molar-refractivity contribution < 1.29 is 19.1 Å². The van der Waals surface area contributed by atoms with Crippen molar-refractivity contribution in [3.63, 3.8) is 0 Å². The molecule has 0 heterocycles. The first-order valence-electron chi connectivity index (χ1n) is 7.88. The van der Waals surface area contributed by atoms with E-state index in [4.69, 9.17) is 4.74 Å². The van der Waals surface area contributed by atoms with Gasteiger partial charge in [-0.15, -0.1) is 0 Å². The number of hydrogen-bond donors (Lipinski definition) is 2. The predicted molar refractivity (Wildman–Crippen MR) is 90.1 cm³/mol. The Morgan fingerprint density at radius 1 is 1.17 bits per heavy atom. The SMILES string of the molecule is CCNC(=O)[C@H](C)N(C)C(=O)[C@H](C)NC(=O)OCc1ccccc1. The van der Waals surface area contributed by atoms with E-state index in [0.29, 0.717) is 6.54 Å². The molecule has 7 nitrogen and oxygen atoms in total. The van der Waals surface area contributed by atoms with Crippen LogP contribution < -0.4 is 10.6 Å². The van der Waals surface area contributed by atoms with Gasteiger partial charge in [0.1, 0.15) is 18.7 Å². The molecule has 132 valence electrons. The summed E-state index contributed by atoms with van der Waals surface area (Å²) in [5.41, 5.74) is 0.855. The highest BCUT2D eigenvalue weighted by Crippen LogP contribution is 2.03. The summed E-state index contributed by atoms with van der Waals surface area (Å²) in [6, 6.07) is 7.82. The summed E-state index contributed by atoms with van der Waals surface area (Å²) < 4.78 is 5.08. The lowest BCUT2D eigenvalue weighted by Gasteiger charge is -2.27. The molecule has 0 aliphatic carbocycles. The highest BCUT2D eigenvalue weighted by Gasteiger charge is 2.26. The monoisotopic (exact) mass is 335 g/mol. The van der Waals surface area contributed by atoms with Gasteiger partial charge in [0.2, 0.25) is 11.8 Å². The van der Waals surface area contributed by atoms with Gasteiger partial charge in [-0.1, -0.05) is 30.3 Å². The molecular formula is C17H25N3O4. The summed E-state index contributed by atoms with van der Waals surface area (Å²) in [7, 11) is 1.52. The lowest BCUT2D eigenvalue weighted by atomic mass is 10.2. The topological polar surface area (TPSA) is 87.7 Å². The van der Waals surface area contributed by atoms with Crippen LogP contribution in [0.5, 0.6) is 0 Å². The number of alkyl carbamates (subject to hydrolysis) is 1. The molecule has 0 aromatic heterocycles. The molecule has 0 bridgehead atoms. The number of carbonyl (C=O) groups excluding carboxylic acids is 3. The second kappa shape index (κ2) is 9.54. The van der Waals surface area contributed by atoms with Gasteiger partial charge >= 0.3 is 6.09 Å². The highest BCUT2D eigenvalue weighted by atomic mass is 16.5. The zero-order chi connectivity index (χ0) is 18.1. The molecule has 0 saturated heterocycles. The Morgan fingerprint density at radius 2 is 1.79 bits per heavy atom. The Balaban J connectivity index is 2.47. The Labute approximate surface area is 142 Å². The van der Waals surface area contributed by atoms with Gasteiger partial charge in [-0.05, 0) is 26.3 Å². The van der Waals surface area contributed by atoms with Crippen molar-refractivity contribution in [1.29, 1.82) is 0 Å². The van der Waals surface area contributed by atoms with E-state index in [2.05, 4.69) is 10.6 Å². The average molecular weight is 335 g/mol. The quantitative estimate of drug-likeness (QED) is 0.786. The number of benzene rings is 1. The van der Waals surface area contributed by atoms with E-state index in [-0.39, 0.29) is 18.4 Å². The van der Waals surface area contributed by atoms with Crippen molar-refractivity contribution in [2.45, 2.75) is 39.5 Å². The van der Waals surface area contributed by atoms with E-state index in [9.17, 15) is 14.4 Å². The second-order valence-electron chi connectivity index (χ2n) is 5.45. The van der Waals surface area contributed by atoms with E-state index in [1.165, 1.54) is 11.9 Å². The molecule has 2 atom stereocenters. The zero-order valence-corrected chi connectivity index (χ0v) is 14.5. The number of rotatable bonds is 7. The van der Waals surface area contributed by atoms with Gasteiger partial charge in [0, 0.05) is 13.6 Å². The fourth-order valence-corrected chi connectivity index (χ4v) is 2.00. The van der Waals surface area contributed by atoms with Gasteiger partial charge in [-0.25, -0.2) is 4.79 Å². The molecule has 1 aromatic rings. The largest absolute Gasteiger partial charge is 0.445 e. The van der Waals surface area contributed by atoms with Crippen LogP contribution in [0.4, 0.5) is 4.79 Å². The smallest absolute Gasteiger partial charge is 0.408 e. The third-order valence-corrected chi connectivity index (χ3v) is 3.58. The summed E-state index contributed by atoms with van der Waals surface area (Å²) >= 11 is 0. The maximum Gasteiger partial charge on any atom is 0.408 e. The molecule has 1 aromatic carbocycles. The van der Waals surface area contributed by atoms with Crippen LogP contribution in [0.25, 0.3) is 0 Å². The van der Waals surface area contributed by atoms with Gasteiger partial charge in [0.05, 0.1) is 0 Å². The molecule has 0 radical (unpaired) electrons. The summed E-state index contributed by atoms with van der Waals surface area (Å²) in [5.74, 6) is -0.613. The first kappa shape index (κ1) is 19.5. The second-order valence-corrected chi connectivity index (χ2v) is 5.45. The van der Waals surface area contributed by atoms with Gasteiger partial charge in [-0.3, -0.25) is 9.59 Å². The molecule has 0 spiro atoms. The van der Waals surface area contributed by atoms with Crippen LogP contribution >= 0.6 is 0 Å². The molecule has 1 rings (SSSR count). The van der Waals surface area contributed by atoms with E-state index >= 15 is 0 Å². The van der Waals surface area contributed by atoms with E-state index in [1.54, 1.807) is 20.8 Å². The number of likely N-dealkylation sites (N-methyl/N-ethyl adjacent to an activating group) is 2. The number of amides is 3. The molecule has 0 aliphatic heterocycles. The van der Waals surface area contributed by atoms with Crippen molar-refractivity contribution in [2.24, 2.45) is 0 Å².